The maximum Gasteiger partial charge on any atom is 0.234 e. The summed E-state index contributed by atoms with van der Waals surface area (Å²) < 4.78 is 26.0. The Morgan fingerprint density at radius 2 is 1.89 bits per heavy atom. The van der Waals surface area contributed by atoms with Crippen molar-refractivity contribution in [2.24, 2.45) is 0 Å². The minimum atomic E-state index is -3.44. The molecule has 0 amide bonds. The van der Waals surface area contributed by atoms with Crippen LogP contribution in [-0.2, 0) is 16.6 Å². The van der Waals surface area contributed by atoms with E-state index in [4.69, 9.17) is 0 Å². The minimum Gasteiger partial charge on any atom is -0.264 e. The van der Waals surface area contributed by atoms with Gasteiger partial charge in [-0.2, -0.15) is 0 Å². The quantitative estimate of drug-likeness (QED) is 0.909. The summed E-state index contributed by atoms with van der Waals surface area (Å²) in [6.07, 6.45) is 4.84. The van der Waals surface area contributed by atoms with Crippen LogP contribution in [0.25, 0.3) is 6.08 Å². The summed E-state index contributed by atoms with van der Waals surface area (Å²) in [5.41, 5.74) is 1.66. The molecule has 0 fully saturated rings. The molecule has 98 valence electrons. The first-order chi connectivity index (χ1) is 9.16. The number of sulfonamides is 1. The smallest absolute Gasteiger partial charge is 0.234 e. The number of rotatable bonds is 5. The molecule has 4 nitrogen and oxygen atoms in total. The molecule has 2 aromatic rings. The molecule has 0 saturated carbocycles. The second-order valence-corrected chi connectivity index (χ2v) is 5.59. The Bertz CT molecular complexity index is 638. The van der Waals surface area contributed by atoms with Crippen molar-refractivity contribution in [2.75, 3.05) is 0 Å². The van der Waals surface area contributed by atoms with E-state index in [2.05, 4.69) is 9.71 Å². The second-order valence-electron chi connectivity index (χ2n) is 3.94. The second kappa shape index (κ2) is 6.26. The van der Waals surface area contributed by atoms with Crippen LogP contribution in [0.4, 0.5) is 0 Å². The topological polar surface area (TPSA) is 59.1 Å². The number of pyridine rings is 1. The summed E-state index contributed by atoms with van der Waals surface area (Å²) in [6.45, 7) is 0.231. The van der Waals surface area contributed by atoms with Crippen molar-refractivity contribution in [2.45, 2.75) is 6.54 Å². The maximum absolute atomic E-state index is 11.8. The van der Waals surface area contributed by atoms with Gasteiger partial charge in [0.2, 0.25) is 10.0 Å². The highest BCUT2D eigenvalue weighted by Crippen LogP contribution is 2.03. The van der Waals surface area contributed by atoms with Gasteiger partial charge in [0.05, 0.1) is 0 Å². The van der Waals surface area contributed by atoms with Crippen molar-refractivity contribution >= 4 is 16.1 Å². The molecule has 0 saturated heterocycles. The lowest BCUT2D eigenvalue weighted by Gasteiger charge is -2.02. The monoisotopic (exact) mass is 274 g/mol. The van der Waals surface area contributed by atoms with Crippen LogP contribution in [0.2, 0.25) is 0 Å². The molecular weight excluding hydrogens is 260 g/mol. The first kappa shape index (κ1) is 13.5. The standard InChI is InChI=1S/C14H14N2O2S/c17-19(18,10-8-13-5-2-1-3-6-13)16-12-14-7-4-9-15-11-14/h1-11,16H,12H2. The maximum atomic E-state index is 11.8. The van der Waals surface area contributed by atoms with Gasteiger partial charge in [0, 0.05) is 24.3 Å². The third kappa shape index (κ3) is 4.65. The fourth-order valence-electron chi connectivity index (χ4n) is 1.47. The summed E-state index contributed by atoms with van der Waals surface area (Å²) in [5, 5.41) is 1.17. The molecule has 0 bridgehead atoms. The van der Waals surface area contributed by atoms with Crippen molar-refractivity contribution in [3.05, 3.63) is 71.4 Å². The highest BCUT2D eigenvalue weighted by molar-refractivity contribution is 7.92. The number of nitrogens with one attached hydrogen (secondary N) is 1. The van der Waals surface area contributed by atoms with E-state index in [0.29, 0.717) is 0 Å². The van der Waals surface area contributed by atoms with Crippen LogP contribution < -0.4 is 4.72 Å². The Morgan fingerprint density at radius 3 is 2.58 bits per heavy atom. The number of nitrogens with zero attached hydrogens (tertiary/aromatic N) is 1. The molecule has 0 aliphatic rings. The van der Waals surface area contributed by atoms with Gasteiger partial charge in [0.15, 0.2) is 0 Å². The molecule has 1 heterocycles. The van der Waals surface area contributed by atoms with Crippen LogP contribution in [0.15, 0.2) is 60.3 Å². The van der Waals surface area contributed by atoms with Gasteiger partial charge in [-0.1, -0.05) is 36.4 Å². The molecule has 0 unspecified atom stereocenters. The lowest BCUT2D eigenvalue weighted by Crippen LogP contribution is -2.20. The van der Waals surface area contributed by atoms with Gasteiger partial charge in [0.25, 0.3) is 0 Å². The summed E-state index contributed by atoms with van der Waals surface area (Å²) in [4.78, 5) is 3.93. The predicted molar refractivity (Wildman–Crippen MR) is 75.5 cm³/mol. The van der Waals surface area contributed by atoms with Crippen LogP contribution in [0.5, 0.6) is 0 Å². The lowest BCUT2D eigenvalue weighted by molar-refractivity contribution is 0.590. The van der Waals surface area contributed by atoms with Crippen molar-refractivity contribution in [3.8, 4) is 0 Å². The molecule has 19 heavy (non-hydrogen) atoms. The molecule has 0 aliphatic heterocycles. The molecule has 5 heteroatoms. The minimum absolute atomic E-state index is 0.231. The highest BCUT2D eigenvalue weighted by atomic mass is 32.2. The summed E-state index contributed by atoms with van der Waals surface area (Å²) >= 11 is 0. The molecule has 1 aromatic heterocycles. The third-order valence-electron chi connectivity index (χ3n) is 2.44. The number of hydrogen-bond acceptors (Lipinski definition) is 3. The largest absolute Gasteiger partial charge is 0.264 e. The van der Waals surface area contributed by atoms with E-state index >= 15 is 0 Å². The van der Waals surface area contributed by atoms with Crippen LogP contribution in [0, 0.1) is 0 Å². The fraction of sp³-hybridized carbons (Fsp3) is 0.0714. The molecule has 1 N–H and O–H groups in total. The number of aromatic nitrogens is 1. The molecule has 0 radical (unpaired) electrons. The summed E-state index contributed by atoms with van der Waals surface area (Å²) in [7, 11) is -3.44. The van der Waals surface area contributed by atoms with E-state index in [9.17, 15) is 8.42 Å². The Hall–Kier alpha value is -1.98. The average Bonchev–Trinajstić information content (AvgIpc) is 2.46. The van der Waals surface area contributed by atoms with Crippen LogP contribution in [-0.4, -0.2) is 13.4 Å². The number of hydrogen-bond donors (Lipinski definition) is 1. The van der Waals surface area contributed by atoms with Gasteiger partial charge in [-0.3, -0.25) is 4.98 Å². The van der Waals surface area contributed by atoms with Crippen molar-refractivity contribution in [3.63, 3.8) is 0 Å². The van der Waals surface area contributed by atoms with Gasteiger partial charge < -0.3 is 0 Å². The average molecular weight is 274 g/mol. The van der Waals surface area contributed by atoms with Crippen LogP contribution >= 0.6 is 0 Å². The number of benzene rings is 1. The van der Waals surface area contributed by atoms with Gasteiger partial charge in [-0.25, -0.2) is 13.1 Å². The van der Waals surface area contributed by atoms with Gasteiger partial charge in [0.1, 0.15) is 0 Å². The van der Waals surface area contributed by atoms with E-state index in [0.717, 1.165) is 11.1 Å². The summed E-state index contributed by atoms with van der Waals surface area (Å²) in [6, 6.07) is 12.9. The molecule has 0 spiro atoms. The van der Waals surface area contributed by atoms with Crippen LogP contribution in [0.1, 0.15) is 11.1 Å². The normalized spacial score (nSPS) is 11.8. The Kier molecular flexibility index (Phi) is 4.43. The van der Waals surface area contributed by atoms with E-state index in [1.54, 1.807) is 24.5 Å². The van der Waals surface area contributed by atoms with Crippen molar-refractivity contribution in [1.29, 1.82) is 0 Å². The highest BCUT2D eigenvalue weighted by Gasteiger charge is 2.04. The van der Waals surface area contributed by atoms with Crippen LogP contribution in [0.3, 0.4) is 0 Å². The fourth-order valence-corrected chi connectivity index (χ4v) is 2.27. The van der Waals surface area contributed by atoms with E-state index < -0.39 is 10.0 Å². The van der Waals surface area contributed by atoms with E-state index in [-0.39, 0.29) is 6.54 Å². The molecule has 0 atom stereocenters. The molecule has 2 rings (SSSR count). The lowest BCUT2D eigenvalue weighted by atomic mass is 10.2. The van der Waals surface area contributed by atoms with Gasteiger partial charge in [-0.05, 0) is 23.3 Å². The zero-order valence-electron chi connectivity index (χ0n) is 10.2. The SMILES string of the molecule is O=S(=O)(C=Cc1ccccc1)NCc1cccnc1. The zero-order chi connectivity index (χ0) is 13.6. The van der Waals surface area contributed by atoms with Crippen molar-refractivity contribution < 1.29 is 8.42 Å². The molecule has 0 aliphatic carbocycles. The Labute approximate surface area is 112 Å². The Balaban J connectivity index is 1.98. The van der Waals surface area contributed by atoms with E-state index in [1.165, 1.54) is 5.41 Å². The predicted octanol–water partition coefficient (Wildman–Crippen LogP) is 2.17. The first-order valence-electron chi connectivity index (χ1n) is 5.77. The summed E-state index contributed by atoms with van der Waals surface area (Å²) in [5.74, 6) is 0. The van der Waals surface area contributed by atoms with Crippen molar-refractivity contribution in [1.82, 2.24) is 9.71 Å². The zero-order valence-corrected chi connectivity index (χ0v) is 11.0. The van der Waals surface area contributed by atoms with Gasteiger partial charge in [-0.15, -0.1) is 0 Å². The van der Waals surface area contributed by atoms with Gasteiger partial charge >= 0.3 is 0 Å². The molecule has 1 aromatic carbocycles. The van der Waals surface area contributed by atoms with E-state index in [1.807, 2.05) is 36.4 Å². The first-order valence-corrected chi connectivity index (χ1v) is 7.32. The Morgan fingerprint density at radius 1 is 1.11 bits per heavy atom. The molecular formula is C14H14N2O2S. The third-order valence-corrected chi connectivity index (χ3v) is 3.48.